The summed E-state index contributed by atoms with van der Waals surface area (Å²) >= 11 is 0. The number of ether oxygens (including phenoxy) is 2. The highest BCUT2D eigenvalue weighted by atomic mass is 127. The second-order valence-corrected chi connectivity index (χ2v) is 6.81. The number of rotatable bonds is 5. The smallest absolute Gasteiger partial charge is 0.308 e. The van der Waals surface area contributed by atoms with E-state index in [2.05, 4.69) is 35.3 Å². The lowest BCUT2D eigenvalue weighted by atomic mass is 9.97. The molecule has 0 spiro atoms. The second-order valence-electron chi connectivity index (χ2n) is 6.81. The molecule has 0 saturated carbocycles. The summed E-state index contributed by atoms with van der Waals surface area (Å²) in [7, 11) is 1.46. The summed E-state index contributed by atoms with van der Waals surface area (Å²) < 4.78 is 10.4. The van der Waals surface area contributed by atoms with Gasteiger partial charge in [0.2, 0.25) is 0 Å². The average Bonchev–Trinajstić information content (AvgIpc) is 3.15. The first-order valence-corrected chi connectivity index (χ1v) is 9.57. The number of halogens is 1. The van der Waals surface area contributed by atoms with Gasteiger partial charge in [0.25, 0.3) is 0 Å². The third-order valence-electron chi connectivity index (χ3n) is 5.08. The summed E-state index contributed by atoms with van der Waals surface area (Å²) in [6, 6.07) is 6.45. The molecule has 0 atom stereocenters. The molecule has 0 aliphatic carbocycles. The van der Waals surface area contributed by atoms with Crippen LogP contribution in [0.2, 0.25) is 0 Å². The number of guanidine groups is 1. The van der Waals surface area contributed by atoms with E-state index < -0.39 is 0 Å². The first-order valence-electron chi connectivity index (χ1n) is 9.57. The zero-order chi connectivity index (χ0) is 18.4. The normalized spacial score (nSPS) is 17.0. The molecule has 27 heavy (non-hydrogen) atoms. The Labute approximate surface area is 178 Å². The largest absolute Gasteiger partial charge is 0.493 e. The predicted molar refractivity (Wildman–Crippen MR) is 117 cm³/mol. The van der Waals surface area contributed by atoms with Crippen molar-refractivity contribution in [2.75, 3.05) is 39.9 Å². The Morgan fingerprint density at radius 3 is 2.85 bits per heavy atom. The SMILES string of the molecule is CCNC(=NCCc1ccc2c(c1)CCO2)N1CCC(C(=O)OC)CC1.I. The molecule has 0 amide bonds. The Bertz CT molecular complexity index is 658. The number of aliphatic imine (C=N–C) groups is 1. The van der Waals surface area contributed by atoms with Crippen molar-refractivity contribution in [3.63, 3.8) is 0 Å². The van der Waals surface area contributed by atoms with E-state index in [9.17, 15) is 4.79 Å². The van der Waals surface area contributed by atoms with Crippen molar-refractivity contribution in [2.45, 2.75) is 32.6 Å². The molecule has 1 N–H and O–H groups in total. The third kappa shape index (κ3) is 5.73. The summed E-state index contributed by atoms with van der Waals surface area (Å²) in [6.07, 6.45) is 3.56. The maximum Gasteiger partial charge on any atom is 0.308 e. The van der Waals surface area contributed by atoms with Gasteiger partial charge in [-0.3, -0.25) is 9.79 Å². The zero-order valence-electron chi connectivity index (χ0n) is 16.2. The van der Waals surface area contributed by atoms with E-state index in [1.807, 2.05) is 0 Å². The van der Waals surface area contributed by atoms with Crippen LogP contribution in [0.4, 0.5) is 0 Å². The number of nitrogens with zero attached hydrogens (tertiary/aromatic N) is 2. The highest BCUT2D eigenvalue weighted by molar-refractivity contribution is 14.0. The van der Waals surface area contributed by atoms with Gasteiger partial charge >= 0.3 is 5.97 Å². The van der Waals surface area contributed by atoms with Gasteiger partial charge in [-0.1, -0.05) is 12.1 Å². The van der Waals surface area contributed by atoms with E-state index in [0.717, 1.165) is 70.2 Å². The maximum atomic E-state index is 11.7. The Morgan fingerprint density at radius 2 is 2.15 bits per heavy atom. The average molecular weight is 487 g/mol. The van der Waals surface area contributed by atoms with Crippen LogP contribution in [-0.2, 0) is 22.4 Å². The number of methoxy groups -OCH3 is 1. The van der Waals surface area contributed by atoms with Crippen LogP contribution >= 0.6 is 24.0 Å². The molecule has 3 rings (SSSR count). The van der Waals surface area contributed by atoms with Crippen molar-refractivity contribution in [3.8, 4) is 5.75 Å². The lowest BCUT2D eigenvalue weighted by Gasteiger charge is -2.33. The number of likely N-dealkylation sites (tertiary alicyclic amines) is 1. The molecule has 150 valence electrons. The van der Waals surface area contributed by atoms with Crippen LogP contribution in [0.1, 0.15) is 30.9 Å². The molecule has 1 fully saturated rings. The van der Waals surface area contributed by atoms with E-state index in [0.29, 0.717) is 0 Å². The Hall–Kier alpha value is -1.51. The molecule has 0 unspecified atom stereocenters. The van der Waals surface area contributed by atoms with Crippen LogP contribution in [-0.4, -0.2) is 56.7 Å². The van der Waals surface area contributed by atoms with Gasteiger partial charge < -0.3 is 19.7 Å². The van der Waals surface area contributed by atoms with Crippen molar-refractivity contribution >= 4 is 35.9 Å². The number of piperidine rings is 1. The monoisotopic (exact) mass is 487 g/mol. The number of carbonyl (C=O) groups is 1. The molecule has 2 aliphatic heterocycles. The molecule has 0 aromatic heterocycles. The quantitative estimate of drug-likeness (QED) is 0.300. The van der Waals surface area contributed by atoms with Gasteiger partial charge in [0.05, 0.1) is 19.6 Å². The molecule has 1 saturated heterocycles. The minimum absolute atomic E-state index is 0. The standard InChI is InChI=1S/C20H29N3O3.HI/c1-3-21-20(23-11-7-16(8-12-23)19(24)25-2)22-10-6-15-4-5-18-17(14-15)9-13-26-18;/h4-5,14,16H,3,6-13H2,1-2H3,(H,21,22);1H. The minimum Gasteiger partial charge on any atom is -0.493 e. The molecule has 6 nitrogen and oxygen atoms in total. The summed E-state index contributed by atoms with van der Waals surface area (Å²) in [5, 5.41) is 3.38. The zero-order valence-corrected chi connectivity index (χ0v) is 18.5. The fourth-order valence-corrected chi connectivity index (χ4v) is 3.61. The molecule has 2 aliphatic rings. The van der Waals surface area contributed by atoms with Gasteiger partial charge in [-0.25, -0.2) is 0 Å². The van der Waals surface area contributed by atoms with Crippen LogP contribution in [0.3, 0.4) is 0 Å². The van der Waals surface area contributed by atoms with Crippen LogP contribution in [0.25, 0.3) is 0 Å². The fraction of sp³-hybridized carbons (Fsp3) is 0.600. The number of hydrogen-bond donors (Lipinski definition) is 1. The van der Waals surface area contributed by atoms with Gasteiger partial charge in [0.1, 0.15) is 5.75 Å². The first-order chi connectivity index (χ1) is 12.7. The molecular formula is C20H30IN3O3. The minimum atomic E-state index is -0.0906. The van der Waals surface area contributed by atoms with E-state index in [-0.39, 0.29) is 35.9 Å². The van der Waals surface area contributed by atoms with Crippen LogP contribution in [0.5, 0.6) is 5.75 Å². The first kappa shape index (κ1) is 21.8. The highest BCUT2D eigenvalue weighted by Gasteiger charge is 2.26. The van der Waals surface area contributed by atoms with E-state index in [1.165, 1.54) is 18.2 Å². The molecule has 0 radical (unpaired) electrons. The van der Waals surface area contributed by atoms with Gasteiger partial charge in [-0.05, 0) is 43.4 Å². The van der Waals surface area contributed by atoms with E-state index >= 15 is 0 Å². The topological polar surface area (TPSA) is 63.2 Å². The van der Waals surface area contributed by atoms with Crippen LogP contribution < -0.4 is 10.1 Å². The lowest BCUT2D eigenvalue weighted by molar-refractivity contribution is -0.146. The fourth-order valence-electron chi connectivity index (χ4n) is 3.61. The van der Waals surface area contributed by atoms with Gasteiger partial charge in [0.15, 0.2) is 5.96 Å². The number of nitrogens with one attached hydrogen (secondary N) is 1. The number of carbonyl (C=O) groups excluding carboxylic acids is 1. The van der Waals surface area contributed by atoms with Gasteiger partial charge in [-0.2, -0.15) is 0 Å². The number of hydrogen-bond acceptors (Lipinski definition) is 4. The molecule has 0 bridgehead atoms. The Morgan fingerprint density at radius 1 is 1.37 bits per heavy atom. The van der Waals surface area contributed by atoms with E-state index in [1.54, 1.807) is 0 Å². The second kappa shape index (κ2) is 10.7. The van der Waals surface area contributed by atoms with Crippen LogP contribution in [0, 0.1) is 5.92 Å². The summed E-state index contributed by atoms with van der Waals surface area (Å²) in [5.41, 5.74) is 2.61. The number of esters is 1. The van der Waals surface area contributed by atoms with Crippen molar-refractivity contribution in [1.29, 1.82) is 0 Å². The van der Waals surface area contributed by atoms with Crippen molar-refractivity contribution < 1.29 is 14.3 Å². The van der Waals surface area contributed by atoms with Crippen molar-refractivity contribution in [3.05, 3.63) is 29.3 Å². The Kier molecular flexibility index (Phi) is 8.66. The molecular weight excluding hydrogens is 457 g/mol. The van der Waals surface area contributed by atoms with E-state index in [4.69, 9.17) is 14.5 Å². The third-order valence-corrected chi connectivity index (χ3v) is 5.08. The molecule has 7 heteroatoms. The van der Waals surface area contributed by atoms with Crippen molar-refractivity contribution in [1.82, 2.24) is 10.2 Å². The molecule has 1 aromatic carbocycles. The van der Waals surface area contributed by atoms with Gasteiger partial charge in [0, 0.05) is 32.6 Å². The summed E-state index contributed by atoms with van der Waals surface area (Å²) in [6.45, 7) is 6.13. The van der Waals surface area contributed by atoms with Gasteiger partial charge in [-0.15, -0.1) is 24.0 Å². The molecule has 1 aromatic rings. The van der Waals surface area contributed by atoms with Crippen molar-refractivity contribution in [2.24, 2.45) is 10.9 Å². The summed E-state index contributed by atoms with van der Waals surface area (Å²) in [4.78, 5) is 18.7. The highest BCUT2D eigenvalue weighted by Crippen LogP contribution is 2.26. The summed E-state index contributed by atoms with van der Waals surface area (Å²) in [5.74, 6) is 1.90. The predicted octanol–water partition coefficient (Wildman–Crippen LogP) is 2.63. The number of benzene rings is 1. The maximum absolute atomic E-state index is 11.7. The lowest BCUT2D eigenvalue weighted by Crippen LogP contribution is -2.46. The molecule has 2 heterocycles. The van der Waals surface area contributed by atoms with Crippen LogP contribution in [0.15, 0.2) is 23.2 Å². The Balaban J connectivity index is 0.00000261. The number of fused-ring (bicyclic) bond motifs is 1.